The highest BCUT2D eigenvalue weighted by Gasteiger charge is 2.59. The Morgan fingerprint density at radius 2 is 1.16 bits per heavy atom. The predicted molar refractivity (Wildman–Crippen MR) is 231 cm³/mol. The number of aliphatic hydroxyl groups is 6. The number of unbranched alkanes of at least 4 members (excludes halogenated alkanes) is 20. The summed E-state index contributed by atoms with van der Waals surface area (Å²) in [6.45, 7) is 7.42. The topological polar surface area (TPSA) is 164 Å². The van der Waals surface area contributed by atoms with Crippen molar-refractivity contribution in [2.24, 2.45) is 5.92 Å². The molecule has 0 aromatic heterocycles. The van der Waals surface area contributed by atoms with Gasteiger partial charge in [0.15, 0.2) is 6.29 Å². The number of hydrogen-bond donors (Lipinski definition) is 7. The van der Waals surface area contributed by atoms with Crippen LogP contribution in [-0.2, 0) is 14.2 Å². The molecule has 2 aliphatic heterocycles. The van der Waals surface area contributed by atoms with Gasteiger partial charge < -0.3 is 44.8 Å². The molecule has 3 aliphatic carbocycles. The molecule has 3 saturated carbocycles. The molecule has 58 heavy (non-hydrogen) atoms. The van der Waals surface area contributed by atoms with Crippen molar-refractivity contribution in [3.63, 3.8) is 0 Å². The van der Waals surface area contributed by atoms with E-state index >= 15 is 0 Å². The molecular weight excluding hydrogens is 737 g/mol. The first-order valence-electron chi connectivity index (χ1n) is 24.6. The molecule has 5 unspecified atom stereocenters. The first-order chi connectivity index (χ1) is 28.2. The Kier molecular flexibility index (Phi) is 23.9. The largest absolute Gasteiger partial charge is 0.394 e. The van der Waals surface area contributed by atoms with E-state index in [1.54, 1.807) is 0 Å². The summed E-state index contributed by atoms with van der Waals surface area (Å²) in [5, 5.41) is 67.2. The summed E-state index contributed by atoms with van der Waals surface area (Å²) in [6, 6.07) is -0.695. The monoisotopic (exact) mass is 827 g/mol. The summed E-state index contributed by atoms with van der Waals surface area (Å²) in [7, 11) is 0. The van der Waals surface area contributed by atoms with Gasteiger partial charge in [0.25, 0.3) is 0 Å². The van der Waals surface area contributed by atoms with Gasteiger partial charge in [-0.2, -0.15) is 0 Å². The summed E-state index contributed by atoms with van der Waals surface area (Å²) in [6.07, 6.45) is 25.2. The van der Waals surface area contributed by atoms with Gasteiger partial charge in [0, 0.05) is 5.54 Å². The number of nitrogens with one attached hydrogen (secondary N) is 1. The number of rotatable bonds is 37. The van der Waals surface area contributed by atoms with Crippen LogP contribution >= 0.6 is 0 Å². The van der Waals surface area contributed by atoms with Gasteiger partial charge in [0.05, 0.1) is 50.2 Å². The van der Waals surface area contributed by atoms with Gasteiger partial charge in [0.1, 0.15) is 24.4 Å². The molecule has 5 fully saturated rings. The van der Waals surface area contributed by atoms with E-state index in [9.17, 15) is 30.6 Å². The maximum atomic E-state index is 11.5. The molecule has 0 aromatic carbocycles. The molecule has 5 rings (SSSR count). The third-order valence-electron chi connectivity index (χ3n) is 14.2. The Balaban J connectivity index is 1.18. The van der Waals surface area contributed by atoms with Crippen LogP contribution in [0.5, 0.6) is 0 Å². The lowest BCUT2D eigenvalue weighted by Crippen LogP contribution is -2.68. The van der Waals surface area contributed by atoms with E-state index in [0.29, 0.717) is 25.2 Å². The van der Waals surface area contributed by atoms with Crippen molar-refractivity contribution in [2.75, 3.05) is 39.5 Å². The molecule has 342 valence electrons. The lowest BCUT2D eigenvalue weighted by Gasteiger charge is -2.67. The second kappa shape index (κ2) is 27.6. The third kappa shape index (κ3) is 16.0. The molecule has 11 nitrogen and oxygen atoms in total. The van der Waals surface area contributed by atoms with Gasteiger partial charge in [-0.25, -0.2) is 0 Å². The number of nitrogens with zero attached hydrogens (tertiary/aromatic N) is 1. The van der Waals surface area contributed by atoms with Crippen molar-refractivity contribution in [1.29, 1.82) is 0 Å². The maximum absolute atomic E-state index is 11.5. The van der Waals surface area contributed by atoms with Gasteiger partial charge in [-0.1, -0.05) is 149 Å². The van der Waals surface area contributed by atoms with E-state index in [-0.39, 0.29) is 12.1 Å². The average molecular weight is 827 g/mol. The highest BCUT2D eigenvalue weighted by molar-refractivity contribution is 5.14. The third-order valence-corrected chi connectivity index (χ3v) is 14.2. The molecule has 2 saturated heterocycles. The van der Waals surface area contributed by atoms with E-state index in [0.717, 1.165) is 44.4 Å². The number of aliphatic hydroxyl groups excluding tert-OH is 6. The zero-order chi connectivity index (χ0) is 41.6. The molecule has 0 radical (unpaired) electrons. The van der Waals surface area contributed by atoms with Crippen LogP contribution in [0.15, 0.2) is 0 Å². The Bertz CT molecular complexity index is 1030. The first-order valence-corrected chi connectivity index (χ1v) is 24.6. The summed E-state index contributed by atoms with van der Waals surface area (Å²) < 4.78 is 17.3. The van der Waals surface area contributed by atoms with Crippen LogP contribution in [0.4, 0.5) is 0 Å². The van der Waals surface area contributed by atoms with Crippen molar-refractivity contribution >= 4 is 0 Å². The standard InChI is InChI=1S/C47H90N2O9/c1-3-5-7-9-10-11-12-13-14-15-18-22-26-39(51)41(52)38(34-57-45-44(55)43(54)42(53)40(33-50)58-45)48-46(35-56-36-46)27-23-19-16-17-21-25-29-49(28-24-20-8-6-4-2)47-30-37(31-47)32-47/h37-45,48,50-55H,3-36H2,1-2H3/t37?,38-,39+,40?,41-,42?,43?,44?,45?,47?/m0/s1. The smallest absolute Gasteiger partial charge is 0.186 e. The van der Waals surface area contributed by atoms with E-state index in [1.165, 1.54) is 148 Å². The van der Waals surface area contributed by atoms with Crippen molar-refractivity contribution in [1.82, 2.24) is 10.2 Å². The van der Waals surface area contributed by atoms with Gasteiger partial charge in [-0.05, 0) is 64.0 Å². The van der Waals surface area contributed by atoms with E-state index in [4.69, 9.17) is 14.2 Å². The van der Waals surface area contributed by atoms with E-state index in [2.05, 4.69) is 24.1 Å². The molecule has 2 bridgehead atoms. The molecule has 2 heterocycles. The van der Waals surface area contributed by atoms with Crippen LogP contribution in [0.2, 0.25) is 0 Å². The molecular formula is C47H90N2O9. The van der Waals surface area contributed by atoms with Crippen LogP contribution < -0.4 is 5.32 Å². The normalized spacial score (nSPS) is 29.1. The van der Waals surface area contributed by atoms with Gasteiger partial charge in [0.2, 0.25) is 0 Å². The zero-order valence-electron chi connectivity index (χ0n) is 37.1. The molecule has 11 heteroatoms. The fourth-order valence-corrected chi connectivity index (χ4v) is 10.1. The lowest BCUT2D eigenvalue weighted by atomic mass is 9.49. The number of ether oxygens (including phenoxy) is 3. The molecule has 5 aliphatic rings. The Morgan fingerprint density at radius 3 is 1.62 bits per heavy atom. The zero-order valence-corrected chi connectivity index (χ0v) is 37.1. The summed E-state index contributed by atoms with van der Waals surface area (Å²) in [5.74, 6) is 1.02. The SMILES string of the molecule is CCCCCCCCCCCCCC[C@@H](O)[C@@H](O)[C@H](COC1OC(CO)C(O)C(O)C1O)NC1(CCCCCCCCN(CCCCCCC)C23CC(C2)C3)COC1. The maximum Gasteiger partial charge on any atom is 0.186 e. The van der Waals surface area contributed by atoms with Crippen LogP contribution in [0.1, 0.15) is 194 Å². The molecule has 8 atom stereocenters. The minimum absolute atomic E-state index is 0.112. The minimum atomic E-state index is -1.55. The molecule has 0 amide bonds. The van der Waals surface area contributed by atoms with Gasteiger partial charge in [-0.15, -0.1) is 0 Å². The predicted octanol–water partition coefficient (Wildman–Crippen LogP) is 6.90. The summed E-state index contributed by atoms with van der Waals surface area (Å²) >= 11 is 0. The Labute approximate surface area is 353 Å². The second-order valence-electron chi connectivity index (χ2n) is 19.3. The summed E-state index contributed by atoms with van der Waals surface area (Å²) in [5.41, 5.74) is 0.204. The lowest BCUT2D eigenvalue weighted by molar-refractivity contribution is -0.303. The highest BCUT2D eigenvalue weighted by atomic mass is 16.7. The van der Waals surface area contributed by atoms with Crippen molar-refractivity contribution in [3.05, 3.63) is 0 Å². The van der Waals surface area contributed by atoms with E-state index < -0.39 is 55.6 Å². The average Bonchev–Trinajstić information content (AvgIpc) is 3.17. The van der Waals surface area contributed by atoms with Crippen molar-refractivity contribution in [2.45, 2.75) is 254 Å². The number of hydrogen-bond acceptors (Lipinski definition) is 11. The van der Waals surface area contributed by atoms with Gasteiger partial charge >= 0.3 is 0 Å². The highest BCUT2D eigenvalue weighted by Crippen LogP contribution is 2.60. The molecule has 0 spiro atoms. The Morgan fingerprint density at radius 1 is 0.655 bits per heavy atom. The van der Waals surface area contributed by atoms with E-state index in [1.807, 2.05) is 0 Å². The van der Waals surface area contributed by atoms with Crippen LogP contribution in [0, 0.1) is 5.92 Å². The van der Waals surface area contributed by atoms with Crippen molar-refractivity contribution < 1.29 is 44.8 Å². The van der Waals surface area contributed by atoms with Crippen LogP contribution in [0.25, 0.3) is 0 Å². The fraction of sp³-hybridized carbons (Fsp3) is 1.00. The molecule has 0 aromatic rings. The van der Waals surface area contributed by atoms with Crippen molar-refractivity contribution in [3.8, 4) is 0 Å². The van der Waals surface area contributed by atoms with Gasteiger partial charge in [-0.3, -0.25) is 10.2 Å². The Hall–Kier alpha value is -0.440. The first kappa shape index (κ1) is 50.2. The second-order valence-corrected chi connectivity index (χ2v) is 19.3. The molecule has 7 N–H and O–H groups in total. The quantitative estimate of drug-likeness (QED) is 0.0326. The van der Waals surface area contributed by atoms with Crippen LogP contribution in [-0.4, -0.2) is 135 Å². The fourth-order valence-electron chi connectivity index (χ4n) is 10.1. The minimum Gasteiger partial charge on any atom is -0.394 e. The summed E-state index contributed by atoms with van der Waals surface area (Å²) in [4.78, 5) is 2.87. The van der Waals surface area contributed by atoms with Crippen LogP contribution in [0.3, 0.4) is 0 Å².